The summed E-state index contributed by atoms with van der Waals surface area (Å²) in [5, 5.41) is -0.548. The van der Waals surface area contributed by atoms with Gasteiger partial charge in [-0.1, -0.05) is 13.8 Å². The second kappa shape index (κ2) is 6.55. The number of carbonyl (C=O) groups excluding carboxylic acids is 1. The van der Waals surface area contributed by atoms with Crippen LogP contribution in [-0.4, -0.2) is 61.6 Å². The highest BCUT2D eigenvalue weighted by molar-refractivity contribution is 7.91. The fraction of sp³-hybridized carbons (Fsp3) is 0.706. The molecule has 0 unspecified atom stereocenters. The molecule has 2 atom stereocenters. The largest absolute Gasteiger partial charge is 0.347 e. The molecular weight excluding hydrogens is 340 g/mol. The van der Waals surface area contributed by atoms with Gasteiger partial charge in [0.2, 0.25) is 11.9 Å². The van der Waals surface area contributed by atoms with Crippen molar-refractivity contribution in [3.63, 3.8) is 0 Å². The number of likely N-dealkylation sites (tertiary alicyclic amines) is 1. The molecule has 0 bridgehead atoms. The molecule has 0 saturated carbocycles. The highest BCUT2D eigenvalue weighted by atomic mass is 32.2. The molecule has 0 radical (unpaired) electrons. The smallest absolute Gasteiger partial charge is 0.225 e. The van der Waals surface area contributed by atoms with Crippen molar-refractivity contribution in [2.24, 2.45) is 5.92 Å². The van der Waals surface area contributed by atoms with Crippen LogP contribution in [-0.2, 0) is 20.4 Å². The summed E-state index contributed by atoms with van der Waals surface area (Å²) in [6.07, 6.45) is 2.91. The van der Waals surface area contributed by atoms with Crippen LogP contribution in [0.1, 0.15) is 43.9 Å². The Morgan fingerprint density at radius 1 is 1.36 bits per heavy atom. The van der Waals surface area contributed by atoms with Crippen LogP contribution in [0.4, 0.5) is 5.95 Å². The minimum Gasteiger partial charge on any atom is -0.347 e. The molecule has 3 rings (SSSR count). The number of aromatic nitrogens is 2. The molecule has 0 aliphatic carbocycles. The average Bonchev–Trinajstić information content (AvgIpc) is 2.98. The van der Waals surface area contributed by atoms with Crippen molar-refractivity contribution in [1.29, 1.82) is 0 Å². The highest BCUT2D eigenvalue weighted by Crippen LogP contribution is 2.39. The van der Waals surface area contributed by atoms with Gasteiger partial charge in [0.05, 0.1) is 16.7 Å². The molecule has 1 fully saturated rings. The average molecular weight is 366 g/mol. The van der Waals surface area contributed by atoms with Crippen LogP contribution in [0.2, 0.25) is 0 Å². The van der Waals surface area contributed by atoms with E-state index in [1.54, 1.807) is 16.0 Å². The fourth-order valence-electron chi connectivity index (χ4n) is 3.56. The SMILES string of the molecule is CC(C)CCC(=O)N1C[C@@H]2c3nc(N(C)C)ncc3CS(=O)(=O)[C@H]2C1. The lowest BCUT2D eigenvalue weighted by atomic mass is 10.00. The zero-order valence-corrected chi connectivity index (χ0v) is 16.1. The standard InChI is InChI=1S/C17H26N4O3S/c1-11(2)5-6-15(22)21-8-13-14(9-21)25(23,24)10-12-7-18-17(20(3)4)19-16(12)13/h7,11,13-14H,5-6,8-10H2,1-4H3/t13-,14-/m0/s1. The van der Waals surface area contributed by atoms with Crippen LogP contribution in [0.5, 0.6) is 0 Å². The summed E-state index contributed by atoms with van der Waals surface area (Å²) >= 11 is 0. The van der Waals surface area contributed by atoms with E-state index in [0.717, 1.165) is 12.1 Å². The molecule has 1 saturated heterocycles. The van der Waals surface area contributed by atoms with Gasteiger partial charge in [0.15, 0.2) is 9.84 Å². The first-order valence-corrected chi connectivity index (χ1v) is 10.4. The van der Waals surface area contributed by atoms with Crippen LogP contribution < -0.4 is 4.90 Å². The summed E-state index contributed by atoms with van der Waals surface area (Å²) in [5.74, 6) is 0.779. The number of hydrogen-bond donors (Lipinski definition) is 0. The lowest BCUT2D eigenvalue weighted by molar-refractivity contribution is -0.130. The van der Waals surface area contributed by atoms with Gasteiger partial charge in [-0.05, 0) is 12.3 Å². The third kappa shape index (κ3) is 3.49. The summed E-state index contributed by atoms with van der Waals surface area (Å²) in [6, 6.07) is 0. The van der Waals surface area contributed by atoms with Gasteiger partial charge in [0.1, 0.15) is 0 Å². The van der Waals surface area contributed by atoms with Crippen molar-refractivity contribution >= 4 is 21.7 Å². The van der Waals surface area contributed by atoms with Crippen molar-refractivity contribution < 1.29 is 13.2 Å². The fourth-order valence-corrected chi connectivity index (χ4v) is 5.55. The molecule has 2 aliphatic heterocycles. The van der Waals surface area contributed by atoms with Gasteiger partial charge >= 0.3 is 0 Å². The first kappa shape index (κ1) is 18.1. The molecule has 1 aromatic heterocycles. The third-order valence-corrected chi connectivity index (χ3v) is 7.12. The maximum absolute atomic E-state index is 12.7. The minimum absolute atomic E-state index is 0.0365. The van der Waals surface area contributed by atoms with Crippen LogP contribution in [0.25, 0.3) is 0 Å². The van der Waals surface area contributed by atoms with Gasteiger partial charge in [-0.25, -0.2) is 18.4 Å². The monoisotopic (exact) mass is 366 g/mol. The summed E-state index contributed by atoms with van der Waals surface area (Å²) in [7, 11) is 0.421. The topological polar surface area (TPSA) is 83.5 Å². The van der Waals surface area contributed by atoms with Gasteiger partial charge in [0.25, 0.3) is 0 Å². The number of nitrogens with zero attached hydrogens (tertiary/aromatic N) is 4. The Hall–Kier alpha value is -1.70. The van der Waals surface area contributed by atoms with E-state index in [4.69, 9.17) is 0 Å². The molecule has 25 heavy (non-hydrogen) atoms. The third-order valence-electron chi connectivity index (χ3n) is 5.01. The van der Waals surface area contributed by atoms with Crippen molar-refractivity contribution in [3.8, 4) is 0 Å². The number of hydrogen-bond acceptors (Lipinski definition) is 6. The van der Waals surface area contributed by atoms with E-state index in [9.17, 15) is 13.2 Å². The molecule has 1 amide bonds. The van der Waals surface area contributed by atoms with E-state index in [2.05, 4.69) is 23.8 Å². The number of anilines is 1. The summed E-state index contributed by atoms with van der Waals surface area (Å²) in [6.45, 7) is 4.87. The minimum atomic E-state index is -3.29. The van der Waals surface area contributed by atoms with Gasteiger partial charge in [0, 0.05) is 51.3 Å². The first-order valence-electron chi connectivity index (χ1n) is 8.71. The van der Waals surface area contributed by atoms with Gasteiger partial charge in [-0.15, -0.1) is 0 Å². The molecule has 1 aromatic rings. The Balaban J connectivity index is 1.89. The predicted molar refractivity (Wildman–Crippen MR) is 96.2 cm³/mol. The van der Waals surface area contributed by atoms with Crippen molar-refractivity contribution in [1.82, 2.24) is 14.9 Å². The summed E-state index contributed by atoms with van der Waals surface area (Å²) in [5.41, 5.74) is 1.46. The highest BCUT2D eigenvalue weighted by Gasteiger charge is 2.48. The summed E-state index contributed by atoms with van der Waals surface area (Å²) in [4.78, 5) is 24.8. The van der Waals surface area contributed by atoms with E-state index in [1.165, 1.54) is 0 Å². The Morgan fingerprint density at radius 3 is 2.72 bits per heavy atom. The quantitative estimate of drug-likeness (QED) is 0.796. The Bertz CT molecular complexity index is 776. The normalized spacial score (nSPS) is 24.1. The van der Waals surface area contributed by atoms with Crippen molar-refractivity contribution in [2.45, 2.75) is 43.6 Å². The maximum Gasteiger partial charge on any atom is 0.225 e. The Morgan fingerprint density at radius 2 is 2.08 bits per heavy atom. The molecule has 3 heterocycles. The van der Waals surface area contributed by atoms with Crippen molar-refractivity contribution in [3.05, 3.63) is 17.5 Å². The lowest BCUT2D eigenvalue weighted by Gasteiger charge is -2.26. The van der Waals surface area contributed by atoms with Gasteiger partial charge in [-0.2, -0.15) is 0 Å². The molecule has 2 aliphatic rings. The van der Waals surface area contributed by atoms with E-state index in [-0.39, 0.29) is 24.1 Å². The number of fused-ring (bicyclic) bond motifs is 3. The maximum atomic E-state index is 12.7. The number of carbonyl (C=O) groups is 1. The molecule has 138 valence electrons. The van der Waals surface area contributed by atoms with Gasteiger partial charge < -0.3 is 9.80 Å². The Kier molecular flexibility index (Phi) is 4.74. The second-order valence-electron chi connectivity index (χ2n) is 7.66. The zero-order valence-electron chi connectivity index (χ0n) is 15.3. The van der Waals surface area contributed by atoms with Crippen LogP contribution in [0.15, 0.2) is 6.20 Å². The van der Waals surface area contributed by atoms with E-state index >= 15 is 0 Å². The lowest BCUT2D eigenvalue weighted by Crippen LogP contribution is -2.36. The summed E-state index contributed by atoms with van der Waals surface area (Å²) < 4.78 is 25.4. The molecule has 7 nitrogen and oxygen atoms in total. The molecule has 0 N–H and O–H groups in total. The molecule has 0 spiro atoms. The van der Waals surface area contributed by atoms with Crippen LogP contribution >= 0.6 is 0 Å². The zero-order chi connectivity index (χ0) is 18.4. The van der Waals surface area contributed by atoms with Crippen molar-refractivity contribution in [2.75, 3.05) is 32.1 Å². The van der Waals surface area contributed by atoms with E-state index in [0.29, 0.717) is 30.4 Å². The number of sulfone groups is 1. The first-order chi connectivity index (χ1) is 11.7. The Labute approximate surface area is 149 Å². The molecule has 0 aromatic carbocycles. The number of rotatable bonds is 4. The second-order valence-corrected chi connectivity index (χ2v) is 9.88. The van der Waals surface area contributed by atoms with Crippen LogP contribution in [0.3, 0.4) is 0 Å². The van der Waals surface area contributed by atoms with E-state index in [1.807, 2.05) is 14.1 Å². The van der Waals surface area contributed by atoms with E-state index < -0.39 is 15.1 Å². The number of amides is 1. The molecule has 8 heteroatoms. The van der Waals surface area contributed by atoms with Crippen LogP contribution in [0, 0.1) is 5.92 Å². The predicted octanol–water partition coefficient (Wildman–Crippen LogP) is 1.20. The van der Waals surface area contributed by atoms with Gasteiger partial charge in [-0.3, -0.25) is 4.79 Å². The molecular formula is C17H26N4O3S.